The van der Waals surface area contributed by atoms with Crippen molar-refractivity contribution in [2.75, 3.05) is 0 Å². The van der Waals surface area contributed by atoms with Gasteiger partial charge >= 0.3 is 0 Å². The molecule has 0 aliphatic heterocycles. The average molecular weight is 198 g/mol. The van der Waals surface area contributed by atoms with Crippen molar-refractivity contribution >= 4 is 22.6 Å². The second kappa shape index (κ2) is 2.60. The maximum absolute atomic E-state index is 11.5. The third-order valence-electron chi connectivity index (χ3n) is 1.92. The Morgan fingerprint density at radius 3 is 3.00 bits per heavy atom. The van der Waals surface area contributed by atoms with E-state index in [1.165, 1.54) is 0 Å². The van der Waals surface area contributed by atoms with E-state index < -0.39 is 0 Å². The molecule has 2 heterocycles. The van der Waals surface area contributed by atoms with Crippen molar-refractivity contribution in [2.45, 2.75) is 6.92 Å². The number of hydrogen-bond donors (Lipinski definition) is 1. The standard InChI is InChI=1S/C8H8ClN3O/c1-4-3-5-6(13)7(9)11-12(2)8(5)10-4/h3,10H,1-2H3. The summed E-state index contributed by atoms with van der Waals surface area (Å²) in [5.41, 5.74) is 1.40. The van der Waals surface area contributed by atoms with Gasteiger partial charge in [0.1, 0.15) is 5.65 Å². The van der Waals surface area contributed by atoms with Gasteiger partial charge in [-0.2, -0.15) is 5.10 Å². The molecule has 0 saturated carbocycles. The molecule has 0 aliphatic rings. The fourth-order valence-corrected chi connectivity index (χ4v) is 1.56. The molecule has 1 N–H and O–H groups in total. The van der Waals surface area contributed by atoms with E-state index in [0.717, 1.165) is 5.69 Å². The summed E-state index contributed by atoms with van der Waals surface area (Å²) in [4.78, 5) is 14.5. The molecule has 5 heteroatoms. The highest BCUT2D eigenvalue weighted by molar-refractivity contribution is 6.29. The number of aromatic nitrogens is 3. The van der Waals surface area contributed by atoms with E-state index in [1.807, 2.05) is 6.92 Å². The Morgan fingerprint density at radius 1 is 1.62 bits per heavy atom. The molecule has 2 aromatic rings. The number of aryl methyl sites for hydroxylation is 2. The molecule has 13 heavy (non-hydrogen) atoms. The van der Waals surface area contributed by atoms with Crippen LogP contribution in [0.15, 0.2) is 10.9 Å². The second-order valence-corrected chi connectivity index (χ2v) is 3.32. The lowest BCUT2D eigenvalue weighted by molar-refractivity contribution is 0.764. The first-order valence-corrected chi connectivity index (χ1v) is 4.19. The minimum Gasteiger partial charge on any atom is -0.344 e. The van der Waals surface area contributed by atoms with Gasteiger partial charge < -0.3 is 4.98 Å². The topological polar surface area (TPSA) is 50.7 Å². The molecule has 2 rings (SSSR count). The molecular formula is C8H8ClN3O. The van der Waals surface area contributed by atoms with Gasteiger partial charge in [-0.3, -0.25) is 9.48 Å². The van der Waals surface area contributed by atoms with E-state index in [1.54, 1.807) is 17.8 Å². The highest BCUT2D eigenvalue weighted by atomic mass is 35.5. The van der Waals surface area contributed by atoms with E-state index in [0.29, 0.717) is 11.0 Å². The Balaban J connectivity index is 3.04. The molecule has 0 spiro atoms. The van der Waals surface area contributed by atoms with Crippen molar-refractivity contribution in [3.05, 3.63) is 27.1 Å². The van der Waals surface area contributed by atoms with Gasteiger partial charge in [-0.15, -0.1) is 0 Å². The van der Waals surface area contributed by atoms with Crippen LogP contribution >= 0.6 is 11.6 Å². The fourth-order valence-electron chi connectivity index (χ4n) is 1.34. The van der Waals surface area contributed by atoms with Gasteiger partial charge in [-0.05, 0) is 13.0 Å². The maximum atomic E-state index is 11.5. The van der Waals surface area contributed by atoms with Crippen molar-refractivity contribution in [1.29, 1.82) is 0 Å². The van der Waals surface area contributed by atoms with Crippen molar-refractivity contribution in [1.82, 2.24) is 14.8 Å². The van der Waals surface area contributed by atoms with Crippen molar-refractivity contribution < 1.29 is 0 Å². The Kier molecular flexibility index (Phi) is 1.66. The Hall–Kier alpha value is -1.29. The van der Waals surface area contributed by atoms with Gasteiger partial charge in [-0.1, -0.05) is 11.6 Å². The van der Waals surface area contributed by atoms with Gasteiger partial charge in [0, 0.05) is 12.7 Å². The first kappa shape index (κ1) is 8.31. The zero-order valence-electron chi connectivity index (χ0n) is 7.26. The fraction of sp³-hybridized carbons (Fsp3) is 0.250. The third-order valence-corrected chi connectivity index (χ3v) is 2.17. The van der Waals surface area contributed by atoms with E-state index in [-0.39, 0.29) is 10.6 Å². The van der Waals surface area contributed by atoms with Gasteiger partial charge in [0.15, 0.2) is 5.15 Å². The number of fused-ring (bicyclic) bond motifs is 1. The molecule has 0 amide bonds. The van der Waals surface area contributed by atoms with Crippen molar-refractivity contribution in [3.63, 3.8) is 0 Å². The van der Waals surface area contributed by atoms with Crippen LogP contribution in [0.5, 0.6) is 0 Å². The number of halogens is 1. The summed E-state index contributed by atoms with van der Waals surface area (Å²) in [6.45, 7) is 1.88. The Labute approximate surface area is 79.1 Å². The second-order valence-electron chi connectivity index (χ2n) is 2.96. The maximum Gasteiger partial charge on any atom is 0.228 e. The Morgan fingerprint density at radius 2 is 2.31 bits per heavy atom. The summed E-state index contributed by atoms with van der Waals surface area (Å²) in [5, 5.41) is 4.44. The van der Waals surface area contributed by atoms with Crippen LogP contribution in [0.3, 0.4) is 0 Å². The molecule has 0 saturated heterocycles. The molecular weight excluding hydrogens is 190 g/mol. The quantitative estimate of drug-likeness (QED) is 0.691. The van der Waals surface area contributed by atoms with E-state index in [4.69, 9.17) is 11.6 Å². The molecule has 0 unspecified atom stereocenters. The van der Waals surface area contributed by atoms with Crippen LogP contribution in [0.25, 0.3) is 11.0 Å². The SMILES string of the molecule is Cc1cc2c(=O)c(Cl)nn(C)c2[nH]1. The first-order valence-electron chi connectivity index (χ1n) is 3.81. The van der Waals surface area contributed by atoms with Crippen LogP contribution in [0.4, 0.5) is 0 Å². The van der Waals surface area contributed by atoms with Crippen molar-refractivity contribution in [3.8, 4) is 0 Å². The number of H-pyrrole nitrogens is 1. The largest absolute Gasteiger partial charge is 0.344 e. The van der Waals surface area contributed by atoms with E-state index in [9.17, 15) is 4.79 Å². The van der Waals surface area contributed by atoms with Gasteiger partial charge in [0.05, 0.1) is 5.39 Å². The average Bonchev–Trinajstić information content (AvgIpc) is 2.44. The summed E-state index contributed by atoms with van der Waals surface area (Å²) in [6, 6.07) is 1.77. The van der Waals surface area contributed by atoms with Gasteiger partial charge in [-0.25, -0.2) is 0 Å². The molecule has 0 bridgehead atoms. The van der Waals surface area contributed by atoms with Crippen LogP contribution in [0.2, 0.25) is 5.15 Å². The van der Waals surface area contributed by atoms with Crippen LogP contribution < -0.4 is 5.43 Å². The summed E-state index contributed by atoms with van der Waals surface area (Å²) in [7, 11) is 1.74. The van der Waals surface area contributed by atoms with Crippen LogP contribution in [-0.2, 0) is 7.05 Å². The monoisotopic (exact) mass is 197 g/mol. The van der Waals surface area contributed by atoms with Gasteiger partial charge in [0.25, 0.3) is 0 Å². The molecule has 68 valence electrons. The third kappa shape index (κ3) is 1.14. The zero-order valence-corrected chi connectivity index (χ0v) is 8.01. The van der Waals surface area contributed by atoms with Gasteiger partial charge in [0.2, 0.25) is 5.43 Å². The number of rotatable bonds is 0. The van der Waals surface area contributed by atoms with Crippen LogP contribution in [0, 0.1) is 6.92 Å². The van der Waals surface area contributed by atoms with E-state index in [2.05, 4.69) is 10.1 Å². The zero-order chi connectivity index (χ0) is 9.59. The summed E-state index contributed by atoms with van der Waals surface area (Å²) in [6.07, 6.45) is 0. The smallest absolute Gasteiger partial charge is 0.228 e. The highest BCUT2D eigenvalue weighted by Gasteiger charge is 2.08. The normalized spacial score (nSPS) is 11.0. The molecule has 2 aromatic heterocycles. The predicted octanol–water partition coefficient (Wildman–Crippen LogP) is 1.22. The van der Waals surface area contributed by atoms with Crippen LogP contribution in [0.1, 0.15) is 5.69 Å². The molecule has 4 nitrogen and oxygen atoms in total. The predicted molar refractivity (Wildman–Crippen MR) is 51.1 cm³/mol. The minimum absolute atomic E-state index is 0.00833. The highest BCUT2D eigenvalue weighted by Crippen LogP contribution is 2.11. The number of nitrogens with one attached hydrogen (secondary N) is 1. The summed E-state index contributed by atoms with van der Waals surface area (Å²) < 4.78 is 1.56. The lowest BCUT2D eigenvalue weighted by atomic mass is 10.3. The van der Waals surface area contributed by atoms with Crippen LogP contribution in [-0.4, -0.2) is 14.8 Å². The lowest BCUT2D eigenvalue weighted by Gasteiger charge is -1.98. The van der Waals surface area contributed by atoms with E-state index >= 15 is 0 Å². The molecule has 0 aromatic carbocycles. The number of hydrogen-bond acceptors (Lipinski definition) is 2. The molecule has 0 radical (unpaired) electrons. The number of aromatic amines is 1. The summed E-state index contributed by atoms with van der Waals surface area (Å²) in [5.74, 6) is 0. The van der Waals surface area contributed by atoms with Crippen molar-refractivity contribution in [2.24, 2.45) is 7.05 Å². The molecule has 0 fully saturated rings. The minimum atomic E-state index is -0.223. The molecule has 0 atom stereocenters. The lowest BCUT2D eigenvalue weighted by Crippen LogP contribution is -2.10. The Bertz CT molecular complexity index is 526. The first-order chi connectivity index (χ1) is 6.09. The summed E-state index contributed by atoms with van der Waals surface area (Å²) >= 11 is 5.64. The molecule has 0 aliphatic carbocycles. The number of nitrogens with zero attached hydrogens (tertiary/aromatic N) is 2.